The van der Waals surface area contributed by atoms with Crippen molar-refractivity contribution in [3.05, 3.63) is 65.2 Å². The van der Waals surface area contributed by atoms with Crippen LogP contribution in [0.3, 0.4) is 0 Å². The van der Waals surface area contributed by atoms with Crippen LogP contribution in [0.2, 0.25) is 0 Å². The highest BCUT2D eigenvalue weighted by Crippen LogP contribution is 2.16. The summed E-state index contributed by atoms with van der Waals surface area (Å²) in [5.74, 6) is 2.31. The molecule has 100 valence electrons. The van der Waals surface area contributed by atoms with Crippen molar-refractivity contribution in [3.63, 3.8) is 0 Å². The van der Waals surface area contributed by atoms with E-state index in [1.807, 2.05) is 23.9 Å². The second-order valence-corrected chi connectivity index (χ2v) is 6.00. The molecule has 0 heterocycles. The van der Waals surface area contributed by atoms with Gasteiger partial charge in [-0.2, -0.15) is 11.8 Å². The van der Waals surface area contributed by atoms with Crippen LogP contribution in [-0.4, -0.2) is 5.75 Å². The Balaban J connectivity index is 1.67. The molecule has 1 nitrogen and oxygen atoms in total. The standard InChI is InChI=1S/C17H21NS/c1-14-5-2-7-16(11-14)13-19-10-4-8-15-6-3-9-17(18)12-15/h2-3,5-7,9,11-12H,4,8,10,13,18H2,1H3. The van der Waals surface area contributed by atoms with Gasteiger partial charge in [0.15, 0.2) is 0 Å². The van der Waals surface area contributed by atoms with Gasteiger partial charge in [0.1, 0.15) is 0 Å². The molecule has 0 bridgehead atoms. The first-order valence-electron chi connectivity index (χ1n) is 6.72. The normalized spacial score (nSPS) is 10.6. The quantitative estimate of drug-likeness (QED) is 0.621. The molecule has 0 atom stereocenters. The number of anilines is 1. The van der Waals surface area contributed by atoms with Crippen LogP contribution >= 0.6 is 11.8 Å². The molecule has 0 aliphatic carbocycles. The summed E-state index contributed by atoms with van der Waals surface area (Å²) < 4.78 is 0. The summed E-state index contributed by atoms with van der Waals surface area (Å²) in [4.78, 5) is 0. The third kappa shape index (κ3) is 4.99. The van der Waals surface area contributed by atoms with Gasteiger partial charge in [-0.1, -0.05) is 42.0 Å². The van der Waals surface area contributed by atoms with E-state index in [0.717, 1.165) is 17.9 Å². The maximum Gasteiger partial charge on any atom is 0.0316 e. The summed E-state index contributed by atoms with van der Waals surface area (Å²) in [6, 6.07) is 17.0. The molecule has 0 unspecified atom stereocenters. The van der Waals surface area contributed by atoms with Crippen molar-refractivity contribution in [2.45, 2.75) is 25.5 Å². The Morgan fingerprint density at radius 2 is 1.79 bits per heavy atom. The Morgan fingerprint density at radius 3 is 2.58 bits per heavy atom. The molecule has 0 saturated heterocycles. The molecule has 0 aliphatic rings. The Kier molecular flexibility index (Phi) is 5.34. The Hall–Kier alpha value is -1.41. The number of aryl methyl sites for hydroxylation is 2. The van der Waals surface area contributed by atoms with Crippen molar-refractivity contribution in [2.75, 3.05) is 11.5 Å². The van der Waals surface area contributed by atoms with Crippen LogP contribution in [0.5, 0.6) is 0 Å². The first kappa shape index (κ1) is 14.0. The summed E-state index contributed by atoms with van der Waals surface area (Å²) in [5, 5.41) is 0. The van der Waals surface area contributed by atoms with Crippen molar-refractivity contribution in [3.8, 4) is 0 Å². The molecule has 0 aliphatic heterocycles. The van der Waals surface area contributed by atoms with Gasteiger partial charge in [0.2, 0.25) is 0 Å². The fraction of sp³-hybridized carbons (Fsp3) is 0.294. The SMILES string of the molecule is Cc1cccc(CSCCCc2cccc(N)c2)c1. The van der Waals surface area contributed by atoms with Crippen LogP contribution < -0.4 is 5.73 Å². The molecule has 19 heavy (non-hydrogen) atoms. The molecule has 0 amide bonds. The molecule has 0 spiro atoms. The summed E-state index contributed by atoms with van der Waals surface area (Å²) in [6.45, 7) is 2.15. The van der Waals surface area contributed by atoms with Crippen molar-refractivity contribution in [2.24, 2.45) is 0 Å². The van der Waals surface area contributed by atoms with E-state index in [-0.39, 0.29) is 0 Å². The third-order valence-electron chi connectivity index (χ3n) is 3.06. The van der Waals surface area contributed by atoms with Gasteiger partial charge < -0.3 is 5.73 Å². The molecule has 0 aromatic heterocycles. The second kappa shape index (κ2) is 7.25. The largest absolute Gasteiger partial charge is 0.399 e. The number of benzene rings is 2. The zero-order chi connectivity index (χ0) is 13.5. The van der Waals surface area contributed by atoms with E-state index in [0.29, 0.717) is 0 Å². The van der Waals surface area contributed by atoms with Crippen molar-refractivity contribution in [1.29, 1.82) is 0 Å². The monoisotopic (exact) mass is 271 g/mol. The lowest BCUT2D eigenvalue weighted by Crippen LogP contribution is -1.91. The number of thioether (sulfide) groups is 1. The smallest absolute Gasteiger partial charge is 0.0316 e. The van der Waals surface area contributed by atoms with Gasteiger partial charge in [-0.05, 0) is 48.8 Å². The van der Waals surface area contributed by atoms with Crippen LogP contribution in [0.15, 0.2) is 48.5 Å². The highest BCUT2D eigenvalue weighted by Gasteiger charge is 1.97. The van der Waals surface area contributed by atoms with E-state index >= 15 is 0 Å². The molecule has 0 saturated carbocycles. The minimum Gasteiger partial charge on any atom is -0.399 e. The van der Waals surface area contributed by atoms with Crippen molar-refractivity contribution >= 4 is 17.4 Å². The topological polar surface area (TPSA) is 26.0 Å². The summed E-state index contributed by atoms with van der Waals surface area (Å²) in [6.07, 6.45) is 2.33. The fourth-order valence-corrected chi connectivity index (χ4v) is 3.03. The minimum absolute atomic E-state index is 0.866. The Bertz CT molecular complexity index is 475. The van der Waals surface area contributed by atoms with Crippen LogP contribution in [0.25, 0.3) is 0 Å². The molecular weight excluding hydrogens is 250 g/mol. The zero-order valence-electron chi connectivity index (χ0n) is 11.4. The van der Waals surface area contributed by atoms with Gasteiger partial charge in [0.05, 0.1) is 0 Å². The average molecular weight is 271 g/mol. The fourth-order valence-electron chi connectivity index (χ4n) is 2.12. The highest BCUT2D eigenvalue weighted by molar-refractivity contribution is 7.98. The zero-order valence-corrected chi connectivity index (χ0v) is 12.2. The number of nitrogen functional groups attached to an aromatic ring is 1. The minimum atomic E-state index is 0.866. The van der Waals surface area contributed by atoms with Gasteiger partial charge >= 0.3 is 0 Å². The van der Waals surface area contributed by atoms with Gasteiger partial charge in [0, 0.05) is 11.4 Å². The average Bonchev–Trinajstić information content (AvgIpc) is 2.38. The molecule has 2 aromatic carbocycles. The van der Waals surface area contributed by atoms with Crippen LogP contribution in [0, 0.1) is 6.92 Å². The molecular formula is C17H21NS. The predicted molar refractivity (Wildman–Crippen MR) is 86.5 cm³/mol. The van der Waals surface area contributed by atoms with E-state index in [2.05, 4.69) is 43.3 Å². The van der Waals surface area contributed by atoms with E-state index in [9.17, 15) is 0 Å². The first-order chi connectivity index (χ1) is 9.24. The maximum atomic E-state index is 5.77. The Labute approximate surface area is 120 Å². The number of hydrogen-bond donors (Lipinski definition) is 1. The van der Waals surface area contributed by atoms with E-state index in [1.165, 1.54) is 28.9 Å². The number of rotatable bonds is 6. The lowest BCUT2D eigenvalue weighted by molar-refractivity contribution is 0.933. The maximum absolute atomic E-state index is 5.77. The van der Waals surface area contributed by atoms with Crippen LogP contribution in [0.1, 0.15) is 23.1 Å². The highest BCUT2D eigenvalue weighted by atomic mass is 32.2. The lowest BCUT2D eigenvalue weighted by atomic mass is 10.1. The van der Waals surface area contributed by atoms with Crippen LogP contribution in [-0.2, 0) is 12.2 Å². The van der Waals surface area contributed by atoms with Gasteiger partial charge in [0.25, 0.3) is 0 Å². The van der Waals surface area contributed by atoms with E-state index < -0.39 is 0 Å². The molecule has 2 heteroatoms. The summed E-state index contributed by atoms with van der Waals surface area (Å²) in [5.41, 5.74) is 10.8. The summed E-state index contributed by atoms with van der Waals surface area (Å²) in [7, 11) is 0. The van der Waals surface area contributed by atoms with Gasteiger partial charge in [-0.3, -0.25) is 0 Å². The van der Waals surface area contributed by atoms with E-state index in [4.69, 9.17) is 5.73 Å². The van der Waals surface area contributed by atoms with E-state index in [1.54, 1.807) is 0 Å². The molecule has 2 aromatic rings. The molecule has 2 N–H and O–H groups in total. The second-order valence-electron chi connectivity index (χ2n) is 4.89. The lowest BCUT2D eigenvalue weighted by Gasteiger charge is -2.04. The van der Waals surface area contributed by atoms with Gasteiger partial charge in [-0.15, -0.1) is 0 Å². The molecule has 0 fully saturated rings. The van der Waals surface area contributed by atoms with Gasteiger partial charge in [-0.25, -0.2) is 0 Å². The van der Waals surface area contributed by atoms with Crippen molar-refractivity contribution < 1.29 is 0 Å². The predicted octanol–water partition coefficient (Wildman–Crippen LogP) is 4.44. The third-order valence-corrected chi connectivity index (χ3v) is 4.17. The summed E-state index contributed by atoms with van der Waals surface area (Å²) >= 11 is 2.01. The number of hydrogen-bond acceptors (Lipinski definition) is 2. The molecule has 2 rings (SSSR count). The molecule has 0 radical (unpaired) electrons. The van der Waals surface area contributed by atoms with Crippen molar-refractivity contribution in [1.82, 2.24) is 0 Å². The Morgan fingerprint density at radius 1 is 1.00 bits per heavy atom. The van der Waals surface area contributed by atoms with Crippen LogP contribution in [0.4, 0.5) is 5.69 Å². The first-order valence-corrected chi connectivity index (χ1v) is 7.87. The number of nitrogens with two attached hydrogens (primary N) is 1.